The zero-order valence-corrected chi connectivity index (χ0v) is 23.7. The largest absolute Gasteiger partial charge is 0.435 e. The molecule has 44 heavy (non-hydrogen) atoms. The average molecular weight is 595 g/mol. The Hall–Kier alpha value is -4.94. The molecule has 2 aliphatic rings. The van der Waals surface area contributed by atoms with E-state index in [1.807, 2.05) is 36.4 Å². The molecular formula is C35H29F3N4O2. The first-order chi connectivity index (χ1) is 21.3. The van der Waals surface area contributed by atoms with Gasteiger partial charge in [0.15, 0.2) is 5.69 Å². The number of ether oxygens (including phenoxy) is 1. The number of carbonyl (C=O) groups is 1. The molecule has 9 heteroatoms. The molecule has 1 heterocycles. The summed E-state index contributed by atoms with van der Waals surface area (Å²) < 4.78 is 49.5. The highest BCUT2D eigenvalue weighted by Crippen LogP contribution is 2.39. The molecule has 1 fully saturated rings. The Kier molecular flexibility index (Phi) is 7.93. The molecule has 6 rings (SSSR count). The van der Waals surface area contributed by atoms with E-state index in [0.29, 0.717) is 29.3 Å². The quantitative estimate of drug-likeness (QED) is 0.214. The van der Waals surface area contributed by atoms with E-state index in [4.69, 9.17) is 4.74 Å². The SMILES string of the molecule is N#Cc1cccc(C2(n3nc(C(F)(F)F)cc3C(=O)Nc3cccc(C(OCC4CC4)c4ccccc4)c3)C=CC=CC2)c1. The summed E-state index contributed by atoms with van der Waals surface area (Å²) >= 11 is 0. The molecule has 0 aliphatic heterocycles. The fraction of sp³-hybridized carbons (Fsp3) is 0.229. The van der Waals surface area contributed by atoms with E-state index < -0.39 is 23.3 Å². The highest BCUT2D eigenvalue weighted by Gasteiger charge is 2.41. The number of benzene rings is 3. The third-order valence-corrected chi connectivity index (χ3v) is 7.90. The van der Waals surface area contributed by atoms with Gasteiger partial charge >= 0.3 is 6.18 Å². The van der Waals surface area contributed by atoms with Crippen LogP contribution >= 0.6 is 0 Å². The van der Waals surface area contributed by atoms with Crippen LogP contribution in [-0.2, 0) is 16.5 Å². The number of nitrogens with one attached hydrogen (secondary N) is 1. The topological polar surface area (TPSA) is 79.9 Å². The number of nitrogens with zero attached hydrogens (tertiary/aromatic N) is 3. The van der Waals surface area contributed by atoms with Crippen LogP contribution in [0.1, 0.15) is 63.8 Å². The summed E-state index contributed by atoms with van der Waals surface area (Å²) in [6.45, 7) is 0.618. The molecule has 1 N–H and O–H groups in total. The maximum absolute atomic E-state index is 14.0. The van der Waals surface area contributed by atoms with Gasteiger partial charge in [0, 0.05) is 11.8 Å². The number of aromatic nitrogens is 2. The number of nitriles is 1. The van der Waals surface area contributed by atoms with Gasteiger partial charge in [-0.3, -0.25) is 4.79 Å². The minimum absolute atomic E-state index is 0.226. The van der Waals surface area contributed by atoms with Crippen LogP contribution in [0.25, 0.3) is 0 Å². The van der Waals surface area contributed by atoms with Gasteiger partial charge in [-0.25, -0.2) is 4.68 Å². The van der Waals surface area contributed by atoms with Gasteiger partial charge in [-0.1, -0.05) is 78.9 Å². The Bertz CT molecular complexity index is 1770. The van der Waals surface area contributed by atoms with Crippen molar-refractivity contribution in [2.24, 2.45) is 5.92 Å². The number of hydrogen-bond donors (Lipinski definition) is 1. The number of amides is 1. The van der Waals surface area contributed by atoms with E-state index in [1.54, 1.807) is 66.8 Å². The van der Waals surface area contributed by atoms with Crippen molar-refractivity contribution in [2.45, 2.75) is 37.1 Å². The maximum atomic E-state index is 14.0. The number of halogens is 3. The summed E-state index contributed by atoms with van der Waals surface area (Å²) in [5.41, 5.74) is 0.324. The second kappa shape index (κ2) is 12.0. The van der Waals surface area contributed by atoms with Crippen molar-refractivity contribution in [3.05, 3.63) is 143 Å². The van der Waals surface area contributed by atoms with Crippen molar-refractivity contribution < 1.29 is 22.7 Å². The lowest BCUT2D eigenvalue weighted by atomic mass is 9.83. The van der Waals surface area contributed by atoms with Crippen molar-refractivity contribution in [2.75, 3.05) is 11.9 Å². The van der Waals surface area contributed by atoms with E-state index in [9.17, 15) is 23.2 Å². The molecule has 0 bridgehead atoms. The molecule has 1 amide bonds. The minimum atomic E-state index is -4.79. The molecule has 0 saturated heterocycles. The smallest absolute Gasteiger partial charge is 0.368 e. The van der Waals surface area contributed by atoms with Gasteiger partial charge in [0.1, 0.15) is 17.3 Å². The van der Waals surface area contributed by atoms with E-state index in [-0.39, 0.29) is 18.2 Å². The second-order valence-corrected chi connectivity index (χ2v) is 11.1. The van der Waals surface area contributed by atoms with Crippen molar-refractivity contribution in [1.82, 2.24) is 9.78 Å². The molecule has 3 aromatic carbocycles. The van der Waals surface area contributed by atoms with Gasteiger partial charge in [-0.15, -0.1) is 0 Å². The van der Waals surface area contributed by atoms with Crippen LogP contribution in [-0.4, -0.2) is 22.3 Å². The van der Waals surface area contributed by atoms with Gasteiger partial charge in [-0.05, 0) is 66.1 Å². The summed E-state index contributed by atoms with van der Waals surface area (Å²) in [5, 5.41) is 16.3. The zero-order valence-electron chi connectivity index (χ0n) is 23.7. The van der Waals surface area contributed by atoms with Gasteiger partial charge in [0.05, 0.1) is 18.2 Å². The summed E-state index contributed by atoms with van der Waals surface area (Å²) in [6.07, 6.45) is 4.33. The van der Waals surface area contributed by atoms with Crippen molar-refractivity contribution in [3.8, 4) is 6.07 Å². The fourth-order valence-electron chi connectivity index (χ4n) is 5.45. The Morgan fingerprint density at radius 1 is 1.02 bits per heavy atom. The van der Waals surface area contributed by atoms with Crippen molar-refractivity contribution in [1.29, 1.82) is 5.26 Å². The molecule has 6 nitrogen and oxygen atoms in total. The molecule has 2 unspecified atom stereocenters. The summed E-state index contributed by atoms with van der Waals surface area (Å²) in [4.78, 5) is 13.8. The lowest BCUT2D eigenvalue weighted by Gasteiger charge is -2.34. The van der Waals surface area contributed by atoms with Crippen LogP contribution in [0.15, 0.2) is 109 Å². The third kappa shape index (κ3) is 6.08. The number of allylic oxidation sites excluding steroid dienone is 4. The summed E-state index contributed by atoms with van der Waals surface area (Å²) in [7, 11) is 0. The molecule has 1 saturated carbocycles. The molecule has 0 spiro atoms. The molecule has 222 valence electrons. The van der Waals surface area contributed by atoms with Gasteiger partial charge in [0.25, 0.3) is 5.91 Å². The van der Waals surface area contributed by atoms with E-state index >= 15 is 0 Å². The highest BCUT2D eigenvalue weighted by atomic mass is 19.4. The molecule has 2 atom stereocenters. The number of alkyl halides is 3. The van der Waals surface area contributed by atoms with Crippen molar-refractivity contribution in [3.63, 3.8) is 0 Å². The Balaban J connectivity index is 1.37. The second-order valence-electron chi connectivity index (χ2n) is 11.1. The van der Waals surface area contributed by atoms with Crippen LogP contribution in [0.3, 0.4) is 0 Å². The number of rotatable bonds is 9. The predicted molar refractivity (Wildman–Crippen MR) is 160 cm³/mol. The van der Waals surface area contributed by atoms with Gasteiger partial charge in [-0.2, -0.15) is 23.5 Å². The number of anilines is 1. The van der Waals surface area contributed by atoms with Gasteiger partial charge in [0.2, 0.25) is 0 Å². The molecule has 1 aromatic heterocycles. The normalized spacial score (nSPS) is 18.5. The Morgan fingerprint density at radius 3 is 2.50 bits per heavy atom. The Labute approximate surface area is 253 Å². The van der Waals surface area contributed by atoms with E-state index in [0.717, 1.165) is 34.7 Å². The first kappa shape index (κ1) is 29.1. The highest BCUT2D eigenvalue weighted by molar-refractivity contribution is 6.03. The average Bonchev–Trinajstić information content (AvgIpc) is 3.75. The van der Waals surface area contributed by atoms with Gasteiger partial charge < -0.3 is 10.1 Å². The maximum Gasteiger partial charge on any atom is 0.435 e. The first-order valence-corrected chi connectivity index (χ1v) is 14.4. The fourth-order valence-corrected chi connectivity index (χ4v) is 5.45. The van der Waals surface area contributed by atoms with E-state index in [2.05, 4.69) is 16.5 Å². The van der Waals surface area contributed by atoms with Crippen molar-refractivity contribution >= 4 is 11.6 Å². The van der Waals surface area contributed by atoms with Crippen LogP contribution in [0, 0.1) is 17.2 Å². The number of carbonyl (C=O) groups excluding carboxylic acids is 1. The minimum Gasteiger partial charge on any atom is -0.368 e. The molecule has 2 aliphatic carbocycles. The van der Waals surface area contributed by atoms with Crippen LogP contribution in [0.4, 0.5) is 18.9 Å². The first-order valence-electron chi connectivity index (χ1n) is 14.4. The standard InChI is InChI=1S/C35H29F3N4O2/c36-35(37,38)31-21-30(42(41-31)34(17-5-2-6-18-34)28-13-7-9-25(19-28)22-39)33(43)40-29-14-8-12-27(20-29)32(44-23-24-15-16-24)26-10-3-1-4-11-26/h1-14,17,19-21,24,32H,15-16,18,23H2,(H,40,43). The number of hydrogen-bond acceptors (Lipinski definition) is 4. The Morgan fingerprint density at radius 2 is 1.80 bits per heavy atom. The van der Waals surface area contributed by atoms with E-state index in [1.165, 1.54) is 0 Å². The molecule has 0 radical (unpaired) electrons. The third-order valence-electron chi connectivity index (χ3n) is 7.90. The molecular weight excluding hydrogens is 565 g/mol. The predicted octanol–water partition coefficient (Wildman–Crippen LogP) is 7.80. The van der Waals surface area contributed by atoms with Crippen LogP contribution < -0.4 is 5.32 Å². The summed E-state index contributed by atoms with van der Waals surface area (Å²) in [5.74, 6) is -0.212. The molecule has 4 aromatic rings. The van der Waals surface area contributed by atoms with Crippen LogP contribution in [0.2, 0.25) is 0 Å². The lowest BCUT2D eigenvalue weighted by molar-refractivity contribution is -0.141. The monoisotopic (exact) mass is 594 g/mol. The summed E-state index contributed by atoms with van der Waals surface area (Å²) in [6, 6.07) is 26.4. The van der Waals surface area contributed by atoms with Crippen LogP contribution in [0.5, 0.6) is 0 Å². The zero-order chi connectivity index (χ0) is 30.7. The lowest BCUT2D eigenvalue weighted by Crippen LogP contribution is -2.37.